The molecule has 40 heavy (non-hydrogen) atoms. The summed E-state index contributed by atoms with van der Waals surface area (Å²) < 4.78 is 33.2. The first-order valence-electron chi connectivity index (χ1n) is 14.3. The van der Waals surface area contributed by atoms with Gasteiger partial charge in [-0.2, -0.15) is 0 Å². The largest absolute Gasteiger partial charge is 0.494 e. The second-order valence-electron chi connectivity index (χ2n) is 12.3. The van der Waals surface area contributed by atoms with Crippen molar-refractivity contribution in [2.75, 3.05) is 6.61 Å². The third-order valence-electron chi connectivity index (χ3n) is 7.73. The fourth-order valence-electron chi connectivity index (χ4n) is 5.05. The van der Waals surface area contributed by atoms with Crippen LogP contribution in [0.25, 0.3) is 5.57 Å². The van der Waals surface area contributed by atoms with E-state index in [1.807, 2.05) is 55.5 Å². The van der Waals surface area contributed by atoms with Crippen molar-refractivity contribution in [2.45, 2.75) is 95.8 Å². The predicted octanol–water partition coefficient (Wildman–Crippen LogP) is 5.74. The number of hydrogen-bond acceptors (Lipinski definition) is 5. The number of carbonyl (C=O) groups excluding carboxylic acids is 2. The predicted molar refractivity (Wildman–Crippen MR) is 158 cm³/mol. The van der Waals surface area contributed by atoms with Gasteiger partial charge in [0.05, 0.1) is 17.4 Å². The van der Waals surface area contributed by atoms with Crippen molar-refractivity contribution in [3.8, 4) is 5.75 Å². The molecule has 216 valence electrons. The molecular formula is C32H42N2O5S. The Hall–Kier alpha value is -3.13. The molecule has 7 nitrogen and oxygen atoms in total. The van der Waals surface area contributed by atoms with E-state index in [-0.39, 0.29) is 11.0 Å². The lowest BCUT2D eigenvalue weighted by Gasteiger charge is -2.37. The summed E-state index contributed by atoms with van der Waals surface area (Å²) in [6.45, 7) is 11.1. The van der Waals surface area contributed by atoms with Crippen LogP contribution in [-0.4, -0.2) is 32.1 Å². The zero-order chi connectivity index (χ0) is 29.1. The van der Waals surface area contributed by atoms with Crippen LogP contribution >= 0.6 is 0 Å². The number of benzene rings is 2. The van der Waals surface area contributed by atoms with Crippen LogP contribution in [-0.2, 0) is 30.6 Å². The van der Waals surface area contributed by atoms with Gasteiger partial charge in [0.25, 0.3) is 11.8 Å². The van der Waals surface area contributed by atoms with Crippen LogP contribution in [0.15, 0.2) is 54.1 Å². The minimum atomic E-state index is -3.82. The third kappa shape index (κ3) is 6.95. The Bertz CT molecular complexity index is 1370. The molecule has 0 unspecified atom stereocenters. The van der Waals surface area contributed by atoms with Gasteiger partial charge in [-0.25, -0.2) is 13.1 Å². The number of amides is 2. The first-order chi connectivity index (χ1) is 18.8. The van der Waals surface area contributed by atoms with E-state index in [9.17, 15) is 18.0 Å². The molecule has 4 rings (SSSR count). The molecule has 2 aliphatic rings. The molecule has 0 aromatic heterocycles. The van der Waals surface area contributed by atoms with Crippen molar-refractivity contribution < 1.29 is 22.7 Å². The summed E-state index contributed by atoms with van der Waals surface area (Å²) in [6.07, 6.45) is 5.88. The van der Waals surface area contributed by atoms with Crippen molar-refractivity contribution >= 4 is 27.4 Å². The molecule has 0 spiro atoms. The lowest BCUT2D eigenvalue weighted by Crippen LogP contribution is -2.50. The summed E-state index contributed by atoms with van der Waals surface area (Å²) in [7, 11) is -3.82. The van der Waals surface area contributed by atoms with Gasteiger partial charge in [-0.1, -0.05) is 83.4 Å². The highest BCUT2D eigenvalue weighted by molar-refractivity contribution is 7.91. The third-order valence-corrected chi connectivity index (χ3v) is 9.55. The van der Waals surface area contributed by atoms with E-state index in [0.29, 0.717) is 31.4 Å². The number of nitrogens with one attached hydrogen (secondary N) is 2. The summed E-state index contributed by atoms with van der Waals surface area (Å²) in [5, 5.41) is 2.43. The van der Waals surface area contributed by atoms with E-state index in [0.717, 1.165) is 35.3 Å². The number of ether oxygens (including phenoxy) is 1. The molecule has 0 radical (unpaired) electrons. The molecule has 1 atom stereocenters. The zero-order valence-electron chi connectivity index (χ0n) is 24.3. The summed E-state index contributed by atoms with van der Waals surface area (Å²) in [6, 6.07) is 15.5. The highest BCUT2D eigenvalue weighted by Gasteiger charge is 2.43. The average molecular weight is 567 g/mol. The van der Waals surface area contributed by atoms with E-state index in [4.69, 9.17) is 4.74 Å². The van der Waals surface area contributed by atoms with Gasteiger partial charge in [-0.3, -0.25) is 9.59 Å². The fourth-order valence-corrected chi connectivity index (χ4v) is 6.33. The molecule has 2 aromatic rings. The van der Waals surface area contributed by atoms with Gasteiger partial charge in [-0.05, 0) is 66.0 Å². The Balaban J connectivity index is 1.64. The Morgan fingerprint density at radius 2 is 1.68 bits per heavy atom. The summed E-state index contributed by atoms with van der Waals surface area (Å²) in [5.41, 5.74) is 2.19. The first-order valence-corrected chi connectivity index (χ1v) is 15.8. The lowest BCUT2D eigenvalue weighted by atomic mass is 9.77. The van der Waals surface area contributed by atoms with E-state index < -0.39 is 32.6 Å². The van der Waals surface area contributed by atoms with Crippen LogP contribution in [0.5, 0.6) is 5.75 Å². The minimum Gasteiger partial charge on any atom is -0.494 e. The van der Waals surface area contributed by atoms with Crippen molar-refractivity contribution in [1.29, 1.82) is 0 Å². The van der Waals surface area contributed by atoms with Crippen LogP contribution in [0.3, 0.4) is 0 Å². The molecule has 1 aliphatic carbocycles. The average Bonchev–Trinajstić information content (AvgIpc) is 3.74. The van der Waals surface area contributed by atoms with Gasteiger partial charge in [-0.15, -0.1) is 0 Å². The number of carbonyl (C=O) groups is 2. The lowest BCUT2D eigenvalue weighted by molar-refractivity contribution is -0.124. The molecule has 0 bridgehead atoms. The van der Waals surface area contributed by atoms with E-state index in [1.165, 1.54) is 12.8 Å². The molecule has 8 heteroatoms. The van der Waals surface area contributed by atoms with Gasteiger partial charge in [0.2, 0.25) is 10.0 Å². The molecule has 1 heterocycles. The van der Waals surface area contributed by atoms with Gasteiger partial charge in [0.1, 0.15) is 11.3 Å². The van der Waals surface area contributed by atoms with Crippen molar-refractivity contribution in [3.05, 3.63) is 70.8 Å². The Labute approximate surface area is 238 Å². The highest BCUT2D eigenvalue weighted by Crippen LogP contribution is 2.40. The Morgan fingerprint density at radius 3 is 2.25 bits per heavy atom. The van der Waals surface area contributed by atoms with Gasteiger partial charge >= 0.3 is 0 Å². The van der Waals surface area contributed by atoms with Crippen LogP contribution in [0, 0.1) is 0 Å². The molecule has 2 N–H and O–H groups in total. The smallest absolute Gasteiger partial charge is 0.270 e. The van der Waals surface area contributed by atoms with E-state index >= 15 is 0 Å². The number of hydrogen-bond donors (Lipinski definition) is 2. The van der Waals surface area contributed by atoms with Gasteiger partial charge in [0.15, 0.2) is 0 Å². The molecular weight excluding hydrogens is 524 g/mol. The normalized spacial score (nSPS) is 19.8. The number of sulfonamides is 1. The van der Waals surface area contributed by atoms with Crippen molar-refractivity contribution in [2.24, 2.45) is 0 Å². The van der Waals surface area contributed by atoms with E-state index in [1.54, 1.807) is 0 Å². The van der Waals surface area contributed by atoms with Gasteiger partial charge in [0, 0.05) is 6.42 Å². The molecule has 2 aromatic carbocycles. The quantitative estimate of drug-likeness (QED) is 0.267. The van der Waals surface area contributed by atoms with Crippen molar-refractivity contribution in [3.63, 3.8) is 0 Å². The van der Waals surface area contributed by atoms with Crippen LogP contribution in [0.1, 0.15) is 96.3 Å². The monoisotopic (exact) mass is 566 g/mol. The summed E-state index contributed by atoms with van der Waals surface area (Å²) in [5.74, 6) is -0.707. The Morgan fingerprint density at radius 1 is 1.02 bits per heavy atom. The van der Waals surface area contributed by atoms with Gasteiger partial charge < -0.3 is 10.1 Å². The molecule has 0 saturated heterocycles. The minimum absolute atomic E-state index is 0.0657. The molecule has 1 saturated carbocycles. The van der Waals surface area contributed by atoms with Crippen LogP contribution in [0.2, 0.25) is 0 Å². The molecule has 2 amide bonds. The summed E-state index contributed by atoms with van der Waals surface area (Å²) >= 11 is 0. The molecule has 1 aliphatic heterocycles. The fraction of sp³-hybridized carbons (Fsp3) is 0.500. The number of unbranched alkanes of at least 4 members (excludes halogenated alkanes) is 3. The Kier molecular flexibility index (Phi) is 8.78. The maximum Gasteiger partial charge on any atom is 0.270 e. The second kappa shape index (κ2) is 11.8. The first kappa shape index (κ1) is 29.8. The number of rotatable bonds is 11. The second-order valence-corrected chi connectivity index (χ2v) is 14.2. The van der Waals surface area contributed by atoms with E-state index in [2.05, 4.69) is 37.7 Å². The maximum absolute atomic E-state index is 13.6. The molecule has 1 fully saturated rings. The van der Waals surface area contributed by atoms with Crippen LogP contribution in [0.4, 0.5) is 0 Å². The summed E-state index contributed by atoms with van der Waals surface area (Å²) in [4.78, 5) is 26.9. The highest BCUT2D eigenvalue weighted by atomic mass is 32.2. The standard InChI is InChI=1S/C32H42N2O5S/c1-6-7-8-9-20-39-25-16-14-24(15-17-25)32(5)21-27(22-10-12-23(13-11-22)31(2,3)4)28(29(35)33-32)30(36)34-40(37,38)26-18-19-26/h10-17,26H,6-9,18-21H2,1-5H3,(H,33,35)(H,34,36)/t32-/m0/s1. The van der Waals surface area contributed by atoms with Crippen LogP contribution < -0.4 is 14.8 Å². The SMILES string of the molecule is CCCCCCOc1ccc([C@]2(C)CC(c3ccc(C(C)(C)C)cc3)=C(C(=O)NS(=O)(=O)C3CC3)C(=O)N2)cc1. The topological polar surface area (TPSA) is 102 Å². The van der Waals surface area contributed by atoms with Crippen molar-refractivity contribution in [1.82, 2.24) is 10.0 Å². The zero-order valence-corrected chi connectivity index (χ0v) is 25.1. The maximum atomic E-state index is 13.6.